The molecule has 0 amide bonds. The van der Waals surface area contributed by atoms with Gasteiger partial charge >= 0.3 is 0 Å². The molecule has 0 N–H and O–H groups in total. The number of rotatable bonds is 4. The predicted octanol–water partition coefficient (Wildman–Crippen LogP) is 0.179. The molecule has 0 rings (SSSR count). The summed E-state index contributed by atoms with van der Waals surface area (Å²) in [7, 11) is 0. The lowest BCUT2D eigenvalue weighted by Crippen LogP contribution is -2.22. The molecule has 0 aliphatic rings. The third kappa shape index (κ3) is 2.98. The van der Waals surface area contributed by atoms with Crippen LogP contribution in [-0.4, -0.2) is 24.8 Å². The van der Waals surface area contributed by atoms with E-state index in [0.717, 1.165) is 0 Å². The van der Waals surface area contributed by atoms with E-state index in [4.69, 9.17) is 4.74 Å². The van der Waals surface area contributed by atoms with E-state index in [1.165, 1.54) is 6.92 Å². The number of hydrogen-bond donors (Lipinski definition) is 0. The molecule has 3 heteroatoms. The number of carbonyl (C=O) groups is 2. The SMILES string of the molecule is CCOC(C=O)C(C)=O. The van der Waals surface area contributed by atoms with Crippen LogP contribution in [0.4, 0.5) is 0 Å². The zero-order chi connectivity index (χ0) is 7.28. The summed E-state index contributed by atoms with van der Waals surface area (Å²) in [5.41, 5.74) is 0. The quantitative estimate of drug-likeness (QED) is 0.402. The minimum Gasteiger partial charge on any atom is -0.363 e. The Labute approximate surface area is 54.0 Å². The van der Waals surface area contributed by atoms with Gasteiger partial charge in [0.25, 0.3) is 0 Å². The molecule has 0 heterocycles. The molecule has 0 aromatic rings. The van der Waals surface area contributed by atoms with Crippen LogP contribution in [0, 0.1) is 0 Å². The highest BCUT2D eigenvalue weighted by molar-refractivity contribution is 5.94. The molecule has 0 aliphatic heterocycles. The highest BCUT2D eigenvalue weighted by Gasteiger charge is 2.10. The number of Topliss-reactive ketones (excluding diaryl/α,β-unsaturated/α-hetero) is 1. The maximum Gasteiger partial charge on any atom is 0.170 e. The third-order valence-electron chi connectivity index (χ3n) is 0.870. The van der Waals surface area contributed by atoms with Crippen molar-refractivity contribution in [1.29, 1.82) is 0 Å². The van der Waals surface area contributed by atoms with Crippen LogP contribution in [0.25, 0.3) is 0 Å². The fourth-order valence-corrected chi connectivity index (χ4v) is 0.432. The molecule has 0 saturated carbocycles. The summed E-state index contributed by atoms with van der Waals surface area (Å²) < 4.78 is 4.73. The van der Waals surface area contributed by atoms with Crippen molar-refractivity contribution in [3.05, 3.63) is 0 Å². The fourth-order valence-electron chi connectivity index (χ4n) is 0.432. The lowest BCUT2D eigenvalue weighted by Gasteiger charge is -2.03. The van der Waals surface area contributed by atoms with Crippen LogP contribution in [0.1, 0.15) is 13.8 Å². The maximum atomic E-state index is 10.4. The number of hydrogen-bond acceptors (Lipinski definition) is 3. The zero-order valence-electron chi connectivity index (χ0n) is 5.59. The van der Waals surface area contributed by atoms with Gasteiger partial charge in [-0.1, -0.05) is 0 Å². The second-order valence-corrected chi connectivity index (χ2v) is 1.62. The molecule has 0 aromatic carbocycles. The standard InChI is InChI=1S/C6H10O3/c1-3-9-6(4-7)5(2)8/h4,6H,3H2,1-2H3. The number of aldehydes is 1. The minimum atomic E-state index is -0.852. The first-order chi connectivity index (χ1) is 4.22. The van der Waals surface area contributed by atoms with Crippen molar-refractivity contribution in [3.8, 4) is 0 Å². The molecule has 0 aliphatic carbocycles. The molecule has 0 spiro atoms. The monoisotopic (exact) mass is 130 g/mol. The van der Waals surface area contributed by atoms with Gasteiger partial charge in [0.1, 0.15) is 0 Å². The van der Waals surface area contributed by atoms with Gasteiger partial charge in [-0.3, -0.25) is 9.59 Å². The van der Waals surface area contributed by atoms with Gasteiger partial charge in [-0.15, -0.1) is 0 Å². The third-order valence-corrected chi connectivity index (χ3v) is 0.870. The van der Waals surface area contributed by atoms with Crippen LogP contribution in [0.2, 0.25) is 0 Å². The highest BCUT2D eigenvalue weighted by atomic mass is 16.5. The maximum absolute atomic E-state index is 10.4. The van der Waals surface area contributed by atoms with Crippen molar-refractivity contribution in [2.24, 2.45) is 0 Å². The van der Waals surface area contributed by atoms with Crippen LogP contribution in [0.5, 0.6) is 0 Å². The number of ether oxygens (including phenoxy) is 1. The van der Waals surface area contributed by atoms with Crippen molar-refractivity contribution in [1.82, 2.24) is 0 Å². The molecule has 9 heavy (non-hydrogen) atoms. The van der Waals surface area contributed by atoms with Gasteiger partial charge in [0.15, 0.2) is 18.2 Å². The first-order valence-corrected chi connectivity index (χ1v) is 2.79. The van der Waals surface area contributed by atoms with Gasteiger partial charge in [0.05, 0.1) is 0 Å². The van der Waals surface area contributed by atoms with Crippen LogP contribution < -0.4 is 0 Å². The Hall–Kier alpha value is -0.700. The fraction of sp³-hybridized carbons (Fsp3) is 0.667. The van der Waals surface area contributed by atoms with Crippen molar-refractivity contribution < 1.29 is 14.3 Å². The molecule has 0 bridgehead atoms. The molecule has 1 unspecified atom stereocenters. The van der Waals surface area contributed by atoms with E-state index >= 15 is 0 Å². The smallest absolute Gasteiger partial charge is 0.170 e. The van der Waals surface area contributed by atoms with E-state index in [9.17, 15) is 9.59 Å². The lowest BCUT2D eigenvalue weighted by atomic mass is 10.3. The van der Waals surface area contributed by atoms with E-state index in [2.05, 4.69) is 0 Å². The van der Waals surface area contributed by atoms with E-state index in [1.54, 1.807) is 6.92 Å². The molecule has 0 saturated heterocycles. The van der Waals surface area contributed by atoms with Crippen molar-refractivity contribution >= 4 is 12.1 Å². The van der Waals surface area contributed by atoms with Crippen LogP contribution in [-0.2, 0) is 14.3 Å². The summed E-state index contributed by atoms with van der Waals surface area (Å²) in [5.74, 6) is -0.244. The number of ketones is 1. The summed E-state index contributed by atoms with van der Waals surface area (Å²) in [6, 6.07) is 0. The second kappa shape index (κ2) is 4.21. The summed E-state index contributed by atoms with van der Waals surface area (Å²) in [6.45, 7) is 3.46. The topological polar surface area (TPSA) is 43.4 Å². The average Bonchev–Trinajstić information content (AvgIpc) is 1.82. The predicted molar refractivity (Wildman–Crippen MR) is 32.2 cm³/mol. The Balaban J connectivity index is 3.68. The Kier molecular flexibility index (Phi) is 3.88. The van der Waals surface area contributed by atoms with Crippen molar-refractivity contribution in [2.45, 2.75) is 20.0 Å². The Morgan fingerprint density at radius 3 is 2.44 bits per heavy atom. The van der Waals surface area contributed by atoms with Gasteiger partial charge in [0.2, 0.25) is 0 Å². The highest BCUT2D eigenvalue weighted by Crippen LogP contribution is 1.87. The summed E-state index contributed by atoms with van der Waals surface area (Å²) in [5, 5.41) is 0. The molecule has 0 radical (unpaired) electrons. The first-order valence-electron chi connectivity index (χ1n) is 2.79. The molecular weight excluding hydrogens is 120 g/mol. The van der Waals surface area contributed by atoms with Crippen molar-refractivity contribution in [2.75, 3.05) is 6.61 Å². The molecule has 0 fully saturated rings. The van der Waals surface area contributed by atoms with Gasteiger partial charge in [0, 0.05) is 6.61 Å². The van der Waals surface area contributed by atoms with Gasteiger partial charge < -0.3 is 4.74 Å². The molecule has 1 atom stereocenters. The van der Waals surface area contributed by atoms with E-state index in [1.807, 2.05) is 0 Å². The Morgan fingerprint density at radius 2 is 2.33 bits per heavy atom. The average molecular weight is 130 g/mol. The van der Waals surface area contributed by atoms with Gasteiger partial charge in [-0.25, -0.2) is 0 Å². The summed E-state index contributed by atoms with van der Waals surface area (Å²) >= 11 is 0. The van der Waals surface area contributed by atoms with E-state index in [-0.39, 0.29) is 5.78 Å². The second-order valence-electron chi connectivity index (χ2n) is 1.62. The van der Waals surface area contributed by atoms with Crippen LogP contribution >= 0.6 is 0 Å². The lowest BCUT2D eigenvalue weighted by molar-refractivity contribution is -0.134. The van der Waals surface area contributed by atoms with Crippen molar-refractivity contribution in [3.63, 3.8) is 0 Å². The molecule has 52 valence electrons. The van der Waals surface area contributed by atoms with E-state index in [0.29, 0.717) is 12.9 Å². The minimum absolute atomic E-state index is 0.244. The molecule has 3 nitrogen and oxygen atoms in total. The summed E-state index contributed by atoms with van der Waals surface area (Å²) in [6.07, 6.45) is -0.346. The van der Waals surface area contributed by atoms with Crippen LogP contribution in [0.3, 0.4) is 0 Å². The van der Waals surface area contributed by atoms with Crippen LogP contribution in [0.15, 0.2) is 0 Å². The Bertz CT molecular complexity index is 109. The largest absolute Gasteiger partial charge is 0.363 e. The zero-order valence-corrected chi connectivity index (χ0v) is 5.59. The number of carbonyl (C=O) groups excluding carboxylic acids is 2. The van der Waals surface area contributed by atoms with E-state index < -0.39 is 6.10 Å². The normalized spacial score (nSPS) is 12.7. The molecule has 0 aromatic heterocycles. The van der Waals surface area contributed by atoms with Gasteiger partial charge in [-0.2, -0.15) is 0 Å². The first kappa shape index (κ1) is 8.30. The Morgan fingerprint density at radius 1 is 1.78 bits per heavy atom. The molecular formula is C6H10O3. The summed E-state index contributed by atoms with van der Waals surface area (Å²) in [4.78, 5) is 20.4. The van der Waals surface area contributed by atoms with Gasteiger partial charge in [-0.05, 0) is 13.8 Å².